The zero-order chi connectivity index (χ0) is 14.0. The van der Waals surface area contributed by atoms with Crippen LogP contribution in [-0.4, -0.2) is 32.5 Å². The van der Waals surface area contributed by atoms with Gasteiger partial charge < -0.3 is 4.74 Å². The van der Waals surface area contributed by atoms with E-state index in [0.29, 0.717) is 17.8 Å². The Bertz CT molecular complexity index is 625. The number of nitrogens with zero attached hydrogens (tertiary/aromatic N) is 3. The zero-order valence-electron chi connectivity index (χ0n) is 10.6. The van der Waals surface area contributed by atoms with Crippen molar-refractivity contribution in [2.45, 2.75) is 20.3 Å². The molecule has 0 aromatic carbocycles. The summed E-state index contributed by atoms with van der Waals surface area (Å²) in [6, 6.07) is 0. The van der Waals surface area contributed by atoms with E-state index >= 15 is 0 Å². The quantitative estimate of drug-likeness (QED) is 0.457. The van der Waals surface area contributed by atoms with E-state index in [1.807, 2.05) is 6.92 Å². The molecular weight excluding hydrogens is 378 g/mol. The van der Waals surface area contributed by atoms with Crippen LogP contribution in [0.2, 0.25) is 0 Å². The van der Waals surface area contributed by atoms with E-state index in [1.165, 1.54) is 6.20 Å². The number of hydrogen-bond acceptors (Lipinski definition) is 4. The Labute approximate surface area is 127 Å². The van der Waals surface area contributed by atoms with Gasteiger partial charge in [-0.2, -0.15) is 5.10 Å². The third kappa shape index (κ3) is 2.67. The summed E-state index contributed by atoms with van der Waals surface area (Å²) in [5.41, 5.74) is 2.85. The normalized spacial score (nSPS) is 10.9. The van der Waals surface area contributed by atoms with E-state index in [4.69, 9.17) is 4.74 Å². The number of hydrogen-bond donors (Lipinski definition) is 0. The van der Waals surface area contributed by atoms with E-state index in [0.717, 1.165) is 27.6 Å². The summed E-state index contributed by atoms with van der Waals surface area (Å²) in [6.45, 7) is 4.02. The van der Waals surface area contributed by atoms with Crippen molar-refractivity contribution in [3.8, 4) is 0 Å². The summed E-state index contributed by atoms with van der Waals surface area (Å²) in [7, 11) is 0. The highest BCUT2D eigenvalue weighted by Crippen LogP contribution is 2.23. The van der Waals surface area contributed by atoms with Crippen molar-refractivity contribution in [3.05, 3.63) is 27.6 Å². The Morgan fingerprint density at radius 3 is 2.89 bits per heavy atom. The van der Waals surface area contributed by atoms with Crippen LogP contribution >= 0.6 is 31.9 Å². The van der Waals surface area contributed by atoms with Crippen LogP contribution in [0.5, 0.6) is 0 Å². The van der Waals surface area contributed by atoms with Gasteiger partial charge in [0.25, 0.3) is 0 Å². The Morgan fingerprint density at radius 1 is 1.53 bits per heavy atom. The lowest BCUT2D eigenvalue weighted by atomic mass is 10.2. The summed E-state index contributed by atoms with van der Waals surface area (Å²) >= 11 is 6.94. The van der Waals surface area contributed by atoms with Gasteiger partial charge in [0.15, 0.2) is 5.65 Å². The summed E-state index contributed by atoms with van der Waals surface area (Å²) < 4.78 is 7.44. The highest BCUT2D eigenvalue weighted by atomic mass is 79.9. The second-order valence-corrected chi connectivity index (χ2v) is 5.46. The van der Waals surface area contributed by atoms with E-state index < -0.39 is 5.97 Å². The lowest BCUT2D eigenvalue weighted by Crippen LogP contribution is -2.07. The van der Waals surface area contributed by atoms with Crippen LogP contribution < -0.4 is 0 Å². The number of aromatic nitrogens is 3. The fraction of sp³-hybridized carbons (Fsp3) is 0.417. The maximum Gasteiger partial charge on any atom is 0.343 e. The fourth-order valence-electron chi connectivity index (χ4n) is 1.83. The Balaban J connectivity index is 2.59. The molecule has 0 spiro atoms. The van der Waals surface area contributed by atoms with Crippen molar-refractivity contribution in [1.29, 1.82) is 0 Å². The number of alkyl halides is 1. The van der Waals surface area contributed by atoms with Gasteiger partial charge in [-0.25, -0.2) is 14.3 Å². The minimum absolute atomic E-state index is 0.331. The van der Waals surface area contributed by atoms with E-state index in [-0.39, 0.29) is 0 Å². The molecule has 0 atom stereocenters. The predicted molar refractivity (Wildman–Crippen MR) is 78.9 cm³/mol. The van der Waals surface area contributed by atoms with Crippen molar-refractivity contribution in [3.63, 3.8) is 0 Å². The predicted octanol–water partition coefficient (Wildman–Crippen LogP) is 2.91. The van der Waals surface area contributed by atoms with Crippen LogP contribution in [0.4, 0.5) is 0 Å². The van der Waals surface area contributed by atoms with E-state index in [2.05, 4.69) is 41.9 Å². The highest BCUT2D eigenvalue weighted by molar-refractivity contribution is 9.10. The molecule has 0 fully saturated rings. The van der Waals surface area contributed by atoms with Crippen LogP contribution in [0.3, 0.4) is 0 Å². The fourth-order valence-corrected chi connectivity index (χ4v) is 2.97. The van der Waals surface area contributed by atoms with Crippen molar-refractivity contribution in [1.82, 2.24) is 14.6 Å². The molecule has 2 aromatic rings. The summed E-state index contributed by atoms with van der Waals surface area (Å²) in [6.07, 6.45) is 2.33. The molecule has 7 heteroatoms. The summed E-state index contributed by atoms with van der Waals surface area (Å²) in [4.78, 5) is 16.3. The molecule has 0 bridgehead atoms. The molecule has 0 unspecified atom stereocenters. The van der Waals surface area contributed by atoms with Crippen molar-refractivity contribution < 1.29 is 9.53 Å². The van der Waals surface area contributed by atoms with Crippen LogP contribution in [-0.2, 0) is 11.2 Å². The second kappa shape index (κ2) is 6.00. The van der Waals surface area contributed by atoms with Gasteiger partial charge in [0.1, 0.15) is 10.2 Å². The molecular formula is C12H13Br2N3O2. The topological polar surface area (TPSA) is 56.5 Å². The number of carbonyl (C=O) groups excluding carboxylic acids is 1. The second-order valence-electron chi connectivity index (χ2n) is 3.92. The Hall–Kier alpha value is -0.950. The first kappa shape index (κ1) is 14.5. The number of rotatable bonds is 4. The van der Waals surface area contributed by atoms with Gasteiger partial charge in [-0.05, 0) is 36.2 Å². The lowest BCUT2D eigenvalue weighted by molar-refractivity contribution is 0.0528. The van der Waals surface area contributed by atoms with Crippen molar-refractivity contribution >= 4 is 43.5 Å². The smallest absolute Gasteiger partial charge is 0.343 e. The number of esters is 1. The first-order valence-corrected chi connectivity index (χ1v) is 7.77. The first-order valence-electron chi connectivity index (χ1n) is 5.86. The third-order valence-electron chi connectivity index (χ3n) is 2.73. The number of aryl methyl sites for hydroxylation is 1. The summed E-state index contributed by atoms with van der Waals surface area (Å²) in [5, 5.41) is 5.04. The van der Waals surface area contributed by atoms with E-state index in [1.54, 1.807) is 11.4 Å². The third-order valence-corrected chi connectivity index (χ3v) is 3.94. The largest absolute Gasteiger partial charge is 0.462 e. The SMILES string of the molecule is CCOC(=O)c1cnn2c(Br)c(CCBr)c(C)nc12. The van der Waals surface area contributed by atoms with Gasteiger partial charge in [0.05, 0.1) is 12.8 Å². The van der Waals surface area contributed by atoms with Crippen molar-refractivity contribution in [2.75, 3.05) is 11.9 Å². The van der Waals surface area contributed by atoms with Crippen LogP contribution in [0, 0.1) is 6.92 Å². The van der Waals surface area contributed by atoms with Gasteiger partial charge in [0, 0.05) is 16.6 Å². The molecule has 0 N–H and O–H groups in total. The maximum atomic E-state index is 11.8. The minimum Gasteiger partial charge on any atom is -0.462 e. The van der Waals surface area contributed by atoms with Gasteiger partial charge >= 0.3 is 5.97 Å². The van der Waals surface area contributed by atoms with Crippen LogP contribution in [0.1, 0.15) is 28.5 Å². The lowest BCUT2D eigenvalue weighted by Gasteiger charge is -2.08. The molecule has 19 heavy (non-hydrogen) atoms. The van der Waals surface area contributed by atoms with E-state index in [9.17, 15) is 4.79 Å². The minimum atomic E-state index is -0.399. The standard InChI is InChI=1S/C12H13Br2N3O2/c1-3-19-12(18)9-6-15-17-10(14)8(4-5-13)7(2)16-11(9)17/h6H,3-5H2,1-2H3. The molecule has 0 amide bonds. The highest BCUT2D eigenvalue weighted by Gasteiger charge is 2.19. The first-order chi connectivity index (χ1) is 9.10. The van der Waals surface area contributed by atoms with Crippen LogP contribution in [0.15, 0.2) is 10.8 Å². The van der Waals surface area contributed by atoms with Gasteiger partial charge in [-0.1, -0.05) is 15.9 Å². The number of carbonyl (C=O) groups is 1. The molecule has 2 heterocycles. The average molecular weight is 391 g/mol. The molecule has 5 nitrogen and oxygen atoms in total. The summed E-state index contributed by atoms with van der Waals surface area (Å²) in [5.74, 6) is -0.399. The molecule has 102 valence electrons. The Kier molecular flexibility index (Phi) is 4.57. The van der Waals surface area contributed by atoms with Gasteiger partial charge in [-0.15, -0.1) is 0 Å². The maximum absolute atomic E-state index is 11.8. The number of fused-ring (bicyclic) bond motifs is 1. The molecule has 0 aliphatic heterocycles. The average Bonchev–Trinajstić information content (AvgIpc) is 2.78. The number of ether oxygens (including phenoxy) is 1. The molecule has 0 saturated carbocycles. The van der Waals surface area contributed by atoms with Gasteiger partial charge in [0.2, 0.25) is 0 Å². The molecule has 0 radical (unpaired) electrons. The number of halogens is 2. The molecule has 0 saturated heterocycles. The zero-order valence-corrected chi connectivity index (χ0v) is 13.8. The monoisotopic (exact) mass is 389 g/mol. The van der Waals surface area contributed by atoms with Crippen molar-refractivity contribution in [2.24, 2.45) is 0 Å². The Morgan fingerprint density at radius 2 is 2.26 bits per heavy atom. The molecule has 0 aliphatic carbocycles. The molecule has 2 rings (SSSR count). The van der Waals surface area contributed by atoms with Gasteiger partial charge in [-0.3, -0.25) is 0 Å². The molecule has 2 aromatic heterocycles. The molecule has 0 aliphatic rings. The van der Waals surface area contributed by atoms with Crippen LogP contribution in [0.25, 0.3) is 5.65 Å².